The number of rotatable bonds is 7. The molecule has 4 atom stereocenters. The molecule has 2 heterocycles. The molecule has 5 nitrogen and oxygen atoms in total. The minimum absolute atomic E-state index is 0.0313. The Kier molecular flexibility index (Phi) is 5.00. The smallest absolute Gasteiger partial charge is 0.227 e. The van der Waals surface area contributed by atoms with Gasteiger partial charge in [-0.1, -0.05) is 51.9 Å². The predicted octanol–water partition coefficient (Wildman–Crippen LogP) is 2.63. The molecule has 0 aromatic carbocycles. The summed E-state index contributed by atoms with van der Waals surface area (Å²) in [6, 6.07) is 0. The van der Waals surface area contributed by atoms with Crippen molar-refractivity contribution in [3.8, 4) is 0 Å². The molecule has 3 N–H and O–H groups in total. The van der Waals surface area contributed by atoms with Gasteiger partial charge in [0.1, 0.15) is 5.60 Å². The molecule has 1 aliphatic carbocycles. The summed E-state index contributed by atoms with van der Waals surface area (Å²) in [5.74, 6) is 0.112. The lowest BCUT2D eigenvalue weighted by molar-refractivity contribution is -0.327. The maximum absolute atomic E-state index is 12.6. The molecule has 23 heavy (non-hydrogen) atoms. The maximum Gasteiger partial charge on any atom is 0.227 e. The van der Waals surface area contributed by atoms with E-state index in [9.17, 15) is 9.90 Å². The van der Waals surface area contributed by atoms with Crippen molar-refractivity contribution >= 4 is 5.91 Å². The Morgan fingerprint density at radius 1 is 1.26 bits per heavy atom. The number of hydroxylamine groups is 1. The summed E-state index contributed by atoms with van der Waals surface area (Å²) in [5.41, 5.74) is 1.52. The van der Waals surface area contributed by atoms with E-state index in [1.807, 2.05) is 6.92 Å². The third-order valence-corrected chi connectivity index (χ3v) is 6.40. The van der Waals surface area contributed by atoms with Crippen molar-refractivity contribution in [1.82, 2.24) is 10.8 Å². The minimum Gasteiger partial charge on any atom is -0.389 e. The van der Waals surface area contributed by atoms with Crippen LogP contribution in [0.25, 0.3) is 0 Å². The van der Waals surface area contributed by atoms with Crippen LogP contribution >= 0.6 is 0 Å². The number of carbonyl (C=O) groups excluding carboxylic acids is 1. The van der Waals surface area contributed by atoms with Gasteiger partial charge in [-0.3, -0.25) is 9.63 Å². The first kappa shape index (κ1) is 17.2. The Hall–Kier alpha value is -0.650. The molecule has 1 saturated carbocycles. The molecule has 0 aromatic rings. The molecule has 2 aliphatic heterocycles. The summed E-state index contributed by atoms with van der Waals surface area (Å²) in [6.07, 6.45) is 10.5. The van der Waals surface area contributed by atoms with Gasteiger partial charge in [-0.25, -0.2) is 0 Å². The third kappa shape index (κ3) is 2.71. The Labute approximate surface area is 139 Å². The van der Waals surface area contributed by atoms with Gasteiger partial charge in [0.25, 0.3) is 0 Å². The fourth-order valence-corrected chi connectivity index (χ4v) is 4.76. The highest BCUT2D eigenvalue weighted by molar-refractivity contribution is 5.85. The van der Waals surface area contributed by atoms with Crippen LogP contribution < -0.4 is 10.8 Å². The number of unbranched alkanes of at least 4 members (excludes halogenated alkanes) is 3. The number of aliphatic hydroxyl groups excluding tert-OH is 1. The predicted molar refractivity (Wildman–Crippen MR) is 88.3 cm³/mol. The largest absolute Gasteiger partial charge is 0.389 e. The van der Waals surface area contributed by atoms with Crippen LogP contribution in [-0.2, 0) is 9.63 Å². The molecule has 2 saturated heterocycles. The average molecular weight is 324 g/mol. The maximum atomic E-state index is 12.6. The second-order valence-electron chi connectivity index (χ2n) is 7.85. The number of hydrogen-bond acceptors (Lipinski definition) is 4. The quantitative estimate of drug-likeness (QED) is 0.630. The highest BCUT2D eigenvalue weighted by Crippen LogP contribution is 2.50. The fourth-order valence-electron chi connectivity index (χ4n) is 4.76. The first-order valence-electron chi connectivity index (χ1n) is 9.50. The zero-order valence-corrected chi connectivity index (χ0v) is 14.6. The zero-order valence-electron chi connectivity index (χ0n) is 14.6. The lowest BCUT2D eigenvalue weighted by Gasteiger charge is -2.57. The summed E-state index contributed by atoms with van der Waals surface area (Å²) in [6.45, 7) is 4.17. The normalized spacial score (nSPS) is 38.7. The van der Waals surface area contributed by atoms with Gasteiger partial charge in [-0.15, -0.1) is 0 Å². The zero-order chi connectivity index (χ0) is 16.5. The van der Waals surface area contributed by atoms with Crippen LogP contribution in [0.15, 0.2) is 0 Å². The van der Waals surface area contributed by atoms with Gasteiger partial charge in [0.2, 0.25) is 5.91 Å². The van der Waals surface area contributed by atoms with Crippen molar-refractivity contribution in [1.29, 1.82) is 0 Å². The summed E-state index contributed by atoms with van der Waals surface area (Å²) in [7, 11) is 0. The van der Waals surface area contributed by atoms with Crippen molar-refractivity contribution in [3.05, 3.63) is 0 Å². The molecule has 0 spiro atoms. The lowest BCUT2D eigenvalue weighted by atomic mass is 9.70. The number of fused-ring (bicyclic) bond motifs is 1. The highest BCUT2D eigenvalue weighted by atomic mass is 16.7. The van der Waals surface area contributed by atoms with E-state index in [2.05, 4.69) is 17.7 Å². The first-order valence-corrected chi connectivity index (χ1v) is 9.50. The van der Waals surface area contributed by atoms with Gasteiger partial charge < -0.3 is 10.4 Å². The van der Waals surface area contributed by atoms with Crippen molar-refractivity contribution in [2.24, 2.45) is 11.8 Å². The number of aliphatic hydroxyl groups is 1. The van der Waals surface area contributed by atoms with Crippen molar-refractivity contribution in [2.45, 2.75) is 95.4 Å². The highest BCUT2D eigenvalue weighted by Gasteiger charge is 2.73. The van der Waals surface area contributed by atoms with Crippen LogP contribution in [-0.4, -0.2) is 28.4 Å². The molecular weight excluding hydrogens is 292 g/mol. The molecule has 3 aliphatic rings. The topological polar surface area (TPSA) is 70.6 Å². The Morgan fingerprint density at radius 3 is 2.61 bits per heavy atom. The first-order chi connectivity index (χ1) is 11.0. The van der Waals surface area contributed by atoms with Gasteiger partial charge in [0.15, 0.2) is 5.66 Å². The van der Waals surface area contributed by atoms with E-state index in [0.717, 1.165) is 32.1 Å². The van der Waals surface area contributed by atoms with Gasteiger partial charge in [-0.2, -0.15) is 5.48 Å². The molecule has 0 radical (unpaired) electrons. The molecule has 132 valence electrons. The summed E-state index contributed by atoms with van der Waals surface area (Å²) < 4.78 is 0. The average Bonchev–Trinajstić information content (AvgIpc) is 2.71. The van der Waals surface area contributed by atoms with E-state index in [1.54, 1.807) is 0 Å². The Bertz CT molecular complexity index is 438. The van der Waals surface area contributed by atoms with Crippen molar-refractivity contribution in [3.63, 3.8) is 0 Å². The van der Waals surface area contributed by atoms with Gasteiger partial charge >= 0.3 is 0 Å². The Balaban J connectivity index is 1.69. The van der Waals surface area contributed by atoms with E-state index in [0.29, 0.717) is 0 Å². The number of amides is 1. The minimum atomic E-state index is -0.790. The van der Waals surface area contributed by atoms with E-state index in [4.69, 9.17) is 4.84 Å². The molecule has 2 unspecified atom stereocenters. The van der Waals surface area contributed by atoms with Crippen LogP contribution in [0.5, 0.6) is 0 Å². The fraction of sp³-hybridized carbons (Fsp3) is 0.944. The summed E-state index contributed by atoms with van der Waals surface area (Å²) in [5, 5.41) is 14.1. The number of nitrogens with one attached hydrogen (secondary N) is 2. The van der Waals surface area contributed by atoms with E-state index < -0.39 is 17.4 Å². The van der Waals surface area contributed by atoms with Crippen LogP contribution in [0.3, 0.4) is 0 Å². The van der Waals surface area contributed by atoms with E-state index >= 15 is 0 Å². The second kappa shape index (κ2) is 6.69. The number of carbonyl (C=O) groups is 1. The molecule has 0 bridgehead atoms. The molecule has 0 aromatic heterocycles. The van der Waals surface area contributed by atoms with Crippen molar-refractivity contribution in [2.75, 3.05) is 0 Å². The molecule has 3 rings (SSSR count). The van der Waals surface area contributed by atoms with Crippen LogP contribution in [0.1, 0.15) is 78.1 Å². The van der Waals surface area contributed by atoms with E-state index in [-0.39, 0.29) is 17.7 Å². The molecule has 5 heteroatoms. The monoisotopic (exact) mass is 324 g/mol. The third-order valence-electron chi connectivity index (χ3n) is 6.40. The SMILES string of the molecule is CCCCCCC1C(=O)NC2([C@H](O)C3CCCCC3)NO[C@@]12C. The standard InChI is InChI=1S/C18H32N2O3/c1-3-4-5-9-12-14-16(22)19-18(17(14,2)23-20-18)15(21)13-10-7-6-8-11-13/h13-15,20-21H,3-12H2,1-2H3,(H,19,22)/t14?,15-,17+,18?/m1/s1. The Morgan fingerprint density at radius 2 is 2.00 bits per heavy atom. The van der Waals surface area contributed by atoms with Gasteiger partial charge in [-0.05, 0) is 32.1 Å². The van der Waals surface area contributed by atoms with Crippen LogP contribution in [0.4, 0.5) is 0 Å². The van der Waals surface area contributed by atoms with Gasteiger partial charge in [0, 0.05) is 0 Å². The molecule has 1 amide bonds. The summed E-state index contributed by atoms with van der Waals surface area (Å²) >= 11 is 0. The lowest BCUT2D eigenvalue weighted by Crippen LogP contribution is -2.83. The van der Waals surface area contributed by atoms with Crippen LogP contribution in [0.2, 0.25) is 0 Å². The van der Waals surface area contributed by atoms with E-state index in [1.165, 1.54) is 32.1 Å². The summed E-state index contributed by atoms with van der Waals surface area (Å²) in [4.78, 5) is 18.3. The number of hydrogen-bond donors (Lipinski definition) is 3. The second-order valence-corrected chi connectivity index (χ2v) is 7.85. The van der Waals surface area contributed by atoms with Crippen molar-refractivity contribution < 1.29 is 14.7 Å². The van der Waals surface area contributed by atoms with Crippen LogP contribution in [0, 0.1) is 11.8 Å². The molecule has 3 fully saturated rings. The van der Waals surface area contributed by atoms with Gasteiger partial charge in [0.05, 0.1) is 12.0 Å². The molecular formula is C18H32N2O3.